The van der Waals surface area contributed by atoms with Crippen molar-refractivity contribution in [2.24, 2.45) is 0 Å². The van der Waals surface area contributed by atoms with Gasteiger partial charge in [0.15, 0.2) is 0 Å². The number of aryl methyl sites for hydroxylation is 1. The van der Waals surface area contributed by atoms with Crippen LogP contribution in [0.5, 0.6) is 5.75 Å². The van der Waals surface area contributed by atoms with Gasteiger partial charge in [0.05, 0.1) is 11.8 Å². The van der Waals surface area contributed by atoms with E-state index in [4.69, 9.17) is 4.74 Å². The van der Waals surface area contributed by atoms with Crippen molar-refractivity contribution in [3.8, 4) is 5.75 Å². The zero-order chi connectivity index (χ0) is 17.4. The molecule has 0 saturated heterocycles. The fourth-order valence-electron chi connectivity index (χ4n) is 3.31. The second-order valence-corrected chi connectivity index (χ2v) is 6.73. The summed E-state index contributed by atoms with van der Waals surface area (Å²) < 4.78 is 6.12. The Bertz CT molecular complexity index is 908. The van der Waals surface area contributed by atoms with E-state index in [0.29, 0.717) is 5.92 Å². The number of amides is 1. The van der Waals surface area contributed by atoms with E-state index in [1.807, 2.05) is 31.3 Å². The maximum absolute atomic E-state index is 11.3. The lowest BCUT2D eigenvalue weighted by molar-refractivity contribution is -0.114. The molecule has 1 aromatic carbocycles. The van der Waals surface area contributed by atoms with E-state index in [1.165, 1.54) is 12.5 Å². The van der Waals surface area contributed by atoms with Crippen molar-refractivity contribution in [2.75, 3.05) is 5.32 Å². The summed E-state index contributed by atoms with van der Waals surface area (Å²) in [5, 5.41) is 3.80. The van der Waals surface area contributed by atoms with Gasteiger partial charge in [-0.25, -0.2) is 0 Å². The summed E-state index contributed by atoms with van der Waals surface area (Å²) in [7, 11) is 0. The molecular formula is C20H21N3O2. The minimum absolute atomic E-state index is 0.0826. The largest absolute Gasteiger partial charge is 0.490 e. The van der Waals surface area contributed by atoms with Gasteiger partial charge in [-0.3, -0.25) is 9.78 Å². The van der Waals surface area contributed by atoms with Gasteiger partial charge < -0.3 is 15.0 Å². The first-order chi connectivity index (χ1) is 12.1. The van der Waals surface area contributed by atoms with Gasteiger partial charge in [-0.2, -0.15) is 0 Å². The Hall–Kier alpha value is -2.82. The van der Waals surface area contributed by atoms with E-state index >= 15 is 0 Å². The molecule has 0 atom stereocenters. The summed E-state index contributed by atoms with van der Waals surface area (Å²) in [6.07, 6.45) is 6.02. The molecule has 1 amide bonds. The molecule has 5 nitrogen and oxygen atoms in total. The third-order valence-electron chi connectivity index (χ3n) is 4.77. The van der Waals surface area contributed by atoms with Gasteiger partial charge in [-0.1, -0.05) is 6.07 Å². The Morgan fingerprint density at radius 2 is 2.12 bits per heavy atom. The van der Waals surface area contributed by atoms with Crippen molar-refractivity contribution in [3.05, 3.63) is 54.0 Å². The van der Waals surface area contributed by atoms with Crippen molar-refractivity contribution in [2.45, 2.75) is 38.7 Å². The number of H-pyrrole nitrogens is 1. The second kappa shape index (κ2) is 6.24. The molecule has 128 valence electrons. The van der Waals surface area contributed by atoms with Crippen molar-refractivity contribution in [1.82, 2.24) is 9.97 Å². The Morgan fingerprint density at radius 3 is 2.84 bits per heavy atom. The molecule has 0 spiro atoms. The van der Waals surface area contributed by atoms with E-state index in [0.717, 1.165) is 40.9 Å². The van der Waals surface area contributed by atoms with Crippen molar-refractivity contribution in [1.29, 1.82) is 0 Å². The number of hydrogen-bond donors (Lipinski definition) is 2. The topological polar surface area (TPSA) is 67.0 Å². The van der Waals surface area contributed by atoms with Crippen LogP contribution in [0.25, 0.3) is 10.9 Å². The summed E-state index contributed by atoms with van der Waals surface area (Å²) in [5.74, 6) is 1.29. The van der Waals surface area contributed by atoms with Crippen LogP contribution in [0.15, 0.2) is 42.7 Å². The van der Waals surface area contributed by atoms with Gasteiger partial charge in [0.2, 0.25) is 5.91 Å². The number of carbonyl (C=O) groups excluding carboxylic acids is 1. The minimum Gasteiger partial charge on any atom is -0.490 e. The highest BCUT2D eigenvalue weighted by atomic mass is 16.5. The Kier molecular flexibility index (Phi) is 3.92. The van der Waals surface area contributed by atoms with Gasteiger partial charge in [0.1, 0.15) is 5.75 Å². The quantitative estimate of drug-likeness (QED) is 0.752. The van der Waals surface area contributed by atoms with E-state index in [9.17, 15) is 4.79 Å². The molecule has 2 N–H and O–H groups in total. The molecule has 1 fully saturated rings. The summed E-state index contributed by atoms with van der Waals surface area (Å²) >= 11 is 0. The third kappa shape index (κ3) is 3.22. The molecule has 1 aliphatic rings. The van der Waals surface area contributed by atoms with Crippen LogP contribution in [-0.2, 0) is 4.79 Å². The van der Waals surface area contributed by atoms with Crippen LogP contribution in [0.4, 0.5) is 5.69 Å². The molecule has 25 heavy (non-hydrogen) atoms. The number of aromatic amines is 1. The number of fused-ring (bicyclic) bond motifs is 1. The van der Waals surface area contributed by atoms with Gasteiger partial charge in [-0.05, 0) is 55.5 Å². The summed E-state index contributed by atoms with van der Waals surface area (Å²) in [6.45, 7) is 3.51. The molecular weight excluding hydrogens is 314 g/mol. The highest BCUT2D eigenvalue weighted by Crippen LogP contribution is 2.39. The normalized spacial score (nSPS) is 19.4. The third-order valence-corrected chi connectivity index (χ3v) is 4.77. The van der Waals surface area contributed by atoms with Crippen LogP contribution in [0, 0.1) is 6.92 Å². The number of rotatable bonds is 4. The summed E-state index contributed by atoms with van der Waals surface area (Å²) in [5.41, 5.74) is 4.10. The molecule has 5 heteroatoms. The lowest BCUT2D eigenvalue weighted by Gasteiger charge is -2.35. The number of benzene rings is 1. The van der Waals surface area contributed by atoms with Crippen LogP contribution in [0.1, 0.15) is 36.9 Å². The highest BCUT2D eigenvalue weighted by molar-refractivity contribution is 6.01. The first-order valence-corrected chi connectivity index (χ1v) is 8.56. The first kappa shape index (κ1) is 15.7. The number of pyridine rings is 1. The molecule has 0 unspecified atom stereocenters. The van der Waals surface area contributed by atoms with Crippen LogP contribution in [0.2, 0.25) is 0 Å². The monoisotopic (exact) mass is 335 g/mol. The predicted molar refractivity (Wildman–Crippen MR) is 98.0 cm³/mol. The average Bonchev–Trinajstić information content (AvgIpc) is 2.93. The standard InChI is InChI=1S/C20H21N3O2/c1-12-3-4-14(10-21-12)15-7-17(8-15)25-16-5-6-19-18(9-16)20(11-22-19)23-13(2)24/h3-6,9-11,15,17,22H,7-8H2,1-2H3,(H,23,24). The van der Waals surface area contributed by atoms with Gasteiger partial charge in [0, 0.05) is 35.9 Å². The van der Waals surface area contributed by atoms with Crippen LogP contribution in [0.3, 0.4) is 0 Å². The predicted octanol–water partition coefficient (Wildman–Crippen LogP) is 4.15. The lowest BCUT2D eigenvalue weighted by atomic mass is 9.78. The Balaban J connectivity index is 1.43. The van der Waals surface area contributed by atoms with Gasteiger partial charge >= 0.3 is 0 Å². The fraction of sp³-hybridized carbons (Fsp3) is 0.300. The number of nitrogens with one attached hydrogen (secondary N) is 2. The molecule has 0 radical (unpaired) electrons. The van der Waals surface area contributed by atoms with E-state index in [1.54, 1.807) is 6.20 Å². The molecule has 0 aliphatic heterocycles. The van der Waals surface area contributed by atoms with Crippen molar-refractivity contribution < 1.29 is 9.53 Å². The summed E-state index contributed by atoms with van der Waals surface area (Å²) in [4.78, 5) is 18.8. The van der Waals surface area contributed by atoms with Crippen LogP contribution < -0.4 is 10.1 Å². The van der Waals surface area contributed by atoms with Crippen molar-refractivity contribution >= 4 is 22.5 Å². The lowest BCUT2D eigenvalue weighted by Crippen LogP contribution is -2.32. The fourth-order valence-corrected chi connectivity index (χ4v) is 3.31. The number of aromatic nitrogens is 2. The Labute approximate surface area is 146 Å². The van der Waals surface area contributed by atoms with Crippen molar-refractivity contribution in [3.63, 3.8) is 0 Å². The number of ether oxygens (including phenoxy) is 1. The molecule has 1 saturated carbocycles. The van der Waals surface area contributed by atoms with Gasteiger partial charge in [-0.15, -0.1) is 0 Å². The molecule has 4 rings (SSSR count). The maximum atomic E-state index is 11.3. The zero-order valence-electron chi connectivity index (χ0n) is 14.4. The van der Waals surface area contributed by atoms with Crippen LogP contribution in [-0.4, -0.2) is 22.0 Å². The number of carbonyl (C=O) groups is 1. The highest BCUT2D eigenvalue weighted by Gasteiger charge is 2.32. The maximum Gasteiger partial charge on any atom is 0.221 e. The Morgan fingerprint density at radius 1 is 1.28 bits per heavy atom. The first-order valence-electron chi connectivity index (χ1n) is 8.56. The number of nitrogens with zero attached hydrogens (tertiary/aromatic N) is 1. The minimum atomic E-state index is -0.0826. The zero-order valence-corrected chi connectivity index (χ0v) is 14.4. The smallest absolute Gasteiger partial charge is 0.221 e. The molecule has 1 aliphatic carbocycles. The number of anilines is 1. The molecule has 3 aromatic rings. The molecule has 2 heterocycles. The van der Waals surface area contributed by atoms with E-state index < -0.39 is 0 Å². The SMILES string of the molecule is CC(=O)Nc1c[nH]c2ccc(OC3CC(c4ccc(C)nc4)C3)cc12. The molecule has 2 aromatic heterocycles. The second-order valence-electron chi connectivity index (χ2n) is 6.73. The van der Waals surface area contributed by atoms with E-state index in [-0.39, 0.29) is 12.0 Å². The summed E-state index contributed by atoms with van der Waals surface area (Å²) in [6, 6.07) is 10.2. The van der Waals surface area contributed by atoms with E-state index in [2.05, 4.69) is 27.4 Å². The van der Waals surface area contributed by atoms with Crippen LogP contribution >= 0.6 is 0 Å². The molecule has 0 bridgehead atoms. The average molecular weight is 335 g/mol. The number of hydrogen-bond acceptors (Lipinski definition) is 3. The van der Waals surface area contributed by atoms with Gasteiger partial charge in [0.25, 0.3) is 0 Å².